The Labute approximate surface area is 275 Å². The molecule has 4 aliphatic carbocycles. The molecule has 0 amide bonds. The van der Waals surface area contributed by atoms with Crippen LogP contribution in [0, 0.1) is 45.3 Å². The number of aliphatic hydroxyl groups is 1. The van der Waals surface area contributed by atoms with Crippen LogP contribution in [-0.2, 0) is 14.3 Å². The van der Waals surface area contributed by atoms with Crippen molar-refractivity contribution in [2.45, 2.75) is 63.3 Å². The highest BCUT2D eigenvalue weighted by Crippen LogP contribution is 2.70. The molecule has 0 heterocycles. The molecule has 3 unspecified atom stereocenters. The standard InChI is InChI=1S/C36H33FN2O7S/c1-33-13-11-24(40)18-23(33)5-9-28-27-12-14-35(32(44)47-16-15-38,34(27,2)19-30(42)36(28,33)37)46-31(43)21-3-6-25(7-4-21)45-26-8-10-29(41)22(17-26)20-39/h3-4,6-8,10-11,13,17-18,27-28,30,41-42H,5,9,12,14,16,19H2,1-2H3/t27?,28?,30-,33-,34-,35-,36?/m0/s1. The number of carbonyl (C=O) groups is 3. The van der Waals surface area contributed by atoms with E-state index in [1.165, 1.54) is 54.6 Å². The van der Waals surface area contributed by atoms with Crippen LogP contribution in [0.15, 0.2) is 66.3 Å². The molecule has 0 aromatic heterocycles. The number of nitrogens with zero attached hydrogens (tertiary/aromatic N) is 2. The summed E-state index contributed by atoms with van der Waals surface area (Å²) in [5.74, 6) is -1.82. The molecule has 2 N–H and O–H groups in total. The van der Waals surface area contributed by atoms with Crippen molar-refractivity contribution >= 4 is 28.6 Å². The van der Waals surface area contributed by atoms with E-state index in [4.69, 9.17) is 14.7 Å². The first-order valence-electron chi connectivity index (χ1n) is 15.4. The fourth-order valence-corrected chi connectivity index (χ4v) is 9.44. The quantitative estimate of drug-likeness (QED) is 0.348. The molecular weight excluding hydrogens is 623 g/mol. The maximum Gasteiger partial charge on any atom is 0.339 e. The van der Waals surface area contributed by atoms with Gasteiger partial charge in [-0.05, 0) is 93.5 Å². The molecule has 3 fully saturated rings. The van der Waals surface area contributed by atoms with Gasteiger partial charge in [0.05, 0.1) is 29.1 Å². The summed E-state index contributed by atoms with van der Waals surface area (Å²) >= 11 is 0.748. The SMILES string of the molecule is C[C@]12C=CC(=O)C=C1CCC1C3CC[C@](OC(=O)c4ccc(Oc5ccc(O)c(C#N)c5)cc4)(C(=O)SCC#N)[C@@]3(C)C[C@H](O)C12F. The van der Waals surface area contributed by atoms with Gasteiger partial charge in [-0.15, -0.1) is 0 Å². The van der Waals surface area contributed by atoms with Crippen LogP contribution in [0.25, 0.3) is 0 Å². The van der Waals surface area contributed by atoms with E-state index >= 15 is 4.39 Å². The predicted octanol–water partition coefficient (Wildman–Crippen LogP) is 6.11. The fraction of sp³-hybridized carbons (Fsp3) is 0.417. The molecule has 6 rings (SSSR count). The van der Waals surface area contributed by atoms with Crippen molar-refractivity contribution in [2.75, 3.05) is 5.75 Å². The van der Waals surface area contributed by atoms with Gasteiger partial charge in [0.25, 0.3) is 0 Å². The Morgan fingerprint density at radius 2 is 1.81 bits per heavy atom. The van der Waals surface area contributed by atoms with Crippen LogP contribution in [0.4, 0.5) is 4.39 Å². The summed E-state index contributed by atoms with van der Waals surface area (Å²) in [5.41, 5.74) is -5.38. The van der Waals surface area contributed by atoms with E-state index in [2.05, 4.69) is 0 Å². The molecule has 0 aliphatic heterocycles. The number of ether oxygens (including phenoxy) is 2. The molecule has 0 saturated heterocycles. The van der Waals surface area contributed by atoms with Gasteiger partial charge in [-0.2, -0.15) is 10.5 Å². The molecule has 47 heavy (non-hydrogen) atoms. The van der Waals surface area contributed by atoms with Gasteiger partial charge >= 0.3 is 5.97 Å². The van der Waals surface area contributed by atoms with Crippen molar-refractivity contribution in [1.29, 1.82) is 10.5 Å². The van der Waals surface area contributed by atoms with Gasteiger partial charge in [-0.1, -0.05) is 30.3 Å². The molecule has 0 spiro atoms. The monoisotopic (exact) mass is 656 g/mol. The fourth-order valence-electron chi connectivity index (χ4n) is 8.64. The van der Waals surface area contributed by atoms with Crippen LogP contribution < -0.4 is 4.74 Å². The molecule has 2 aromatic rings. The number of nitriles is 2. The molecule has 0 bridgehead atoms. The highest BCUT2D eigenvalue weighted by atomic mass is 32.2. The number of halogens is 1. The number of esters is 1. The average Bonchev–Trinajstić information content (AvgIpc) is 3.33. The van der Waals surface area contributed by atoms with E-state index in [-0.39, 0.29) is 41.3 Å². The normalized spacial score (nSPS) is 33.7. The first-order valence-corrected chi connectivity index (χ1v) is 16.4. The van der Waals surface area contributed by atoms with Gasteiger partial charge in [-0.3, -0.25) is 9.59 Å². The highest BCUT2D eigenvalue weighted by Gasteiger charge is 2.75. The van der Waals surface area contributed by atoms with Gasteiger partial charge in [-0.25, -0.2) is 9.18 Å². The number of hydrogen-bond donors (Lipinski definition) is 2. The molecule has 2 aromatic carbocycles. The van der Waals surface area contributed by atoms with Gasteiger partial charge in [0.2, 0.25) is 5.12 Å². The minimum atomic E-state index is -2.11. The smallest absolute Gasteiger partial charge is 0.339 e. The number of fused-ring (bicyclic) bond motifs is 5. The zero-order valence-corrected chi connectivity index (χ0v) is 26.7. The topological polar surface area (TPSA) is 158 Å². The van der Waals surface area contributed by atoms with E-state index in [0.717, 1.165) is 11.8 Å². The van der Waals surface area contributed by atoms with Gasteiger partial charge in [0, 0.05) is 22.8 Å². The maximum absolute atomic E-state index is 17.6. The van der Waals surface area contributed by atoms with Gasteiger partial charge in [0.1, 0.15) is 23.3 Å². The largest absolute Gasteiger partial charge is 0.507 e. The van der Waals surface area contributed by atoms with Crippen molar-refractivity contribution in [3.8, 4) is 29.4 Å². The number of ketones is 1. The summed E-state index contributed by atoms with van der Waals surface area (Å²) in [6, 6.07) is 14.0. The molecule has 4 aliphatic rings. The average molecular weight is 657 g/mol. The summed E-state index contributed by atoms with van der Waals surface area (Å²) in [7, 11) is 0. The number of rotatable bonds is 6. The summed E-state index contributed by atoms with van der Waals surface area (Å²) in [4.78, 5) is 39.9. The van der Waals surface area contributed by atoms with E-state index in [1.807, 2.05) is 12.1 Å². The van der Waals surface area contributed by atoms with Gasteiger partial charge in [0.15, 0.2) is 17.1 Å². The number of aliphatic hydroxyl groups excluding tert-OH is 1. The Morgan fingerprint density at radius 3 is 2.51 bits per heavy atom. The van der Waals surface area contributed by atoms with Crippen LogP contribution in [0.2, 0.25) is 0 Å². The Balaban J connectivity index is 1.30. The molecule has 0 radical (unpaired) electrons. The first-order chi connectivity index (χ1) is 22.3. The summed E-state index contributed by atoms with van der Waals surface area (Å²) in [6.45, 7) is 3.50. The van der Waals surface area contributed by atoms with Crippen LogP contribution in [-0.4, -0.2) is 50.2 Å². The summed E-state index contributed by atoms with van der Waals surface area (Å²) in [6.07, 6.45) is 3.99. The van der Waals surface area contributed by atoms with E-state index < -0.39 is 51.1 Å². The predicted molar refractivity (Wildman–Crippen MR) is 169 cm³/mol. The number of phenols is 1. The lowest BCUT2D eigenvalue weighted by Gasteiger charge is -2.62. The lowest BCUT2D eigenvalue weighted by Crippen LogP contribution is -2.69. The second kappa shape index (κ2) is 11.7. The minimum Gasteiger partial charge on any atom is -0.507 e. The third kappa shape index (κ3) is 4.87. The molecule has 242 valence electrons. The lowest BCUT2D eigenvalue weighted by atomic mass is 9.45. The van der Waals surface area contributed by atoms with Crippen molar-refractivity contribution in [1.82, 2.24) is 0 Å². The third-order valence-electron chi connectivity index (χ3n) is 11.0. The second-order valence-electron chi connectivity index (χ2n) is 13.2. The van der Waals surface area contributed by atoms with Crippen LogP contribution in [0.1, 0.15) is 61.9 Å². The van der Waals surface area contributed by atoms with Crippen LogP contribution in [0.3, 0.4) is 0 Å². The zero-order chi connectivity index (χ0) is 33.8. The Kier molecular flexibility index (Phi) is 8.06. The van der Waals surface area contributed by atoms with E-state index in [0.29, 0.717) is 36.3 Å². The van der Waals surface area contributed by atoms with Crippen molar-refractivity contribution in [3.05, 3.63) is 77.4 Å². The number of carbonyl (C=O) groups excluding carboxylic acids is 3. The highest BCUT2D eigenvalue weighted by molar-refractivity contribution is 8.14. The minimum absolute atomic E-state index is 0.0395. The number of phenolic OH excluding ortho intramolecular Hbond substituents is 1. The summed E-state index contributed by atoms with van der Waals surface area (Å²) < 4.78 is 29.5. The third-order valence-corrected chi connectivity index (χ3v) is 11.9. The number of thioether (sulfide) groups is 1. The maximum atomic E-state index is 17.6. The Bertz CT molecular complexity index is 1810. The van der Waals surface area contributed by atoms with Crippen LogP contribution in [0.5, 0.6) is 17.2 Å². The number of benzene rings is 2. The Hall–Kier alpha value is -4.45. The molecular formula is C36H33FN2O7S. The van der Waals surface area contributed by atoms with Gasteiger partial charge < -0.3 is 19.7 Å². The van der Waals surface area contributed by atoms with Crippen LogP contribution >= 0.6 is 11.8 Å². The summed E-state index contributed by atoms with van der Waals surface area (Å²) in [5, 5.41) is 39.4. The number of aromatic hydroxyl groups is 1. The van der Waals surface area contributed by atoms with Crippen molar-refractivity contribution in [3.63, 3.8) is 0 Å². The first kappa shape index (κ1) is 32.5. The Morgan fingerprint density at radius 1 is 1.09 bits per heavy atom. The van der Waals surface area contributed by atoms with E-state index in [1.54, 1.807) is 19.9 Å². The molecule has 9 nitrogen and oxygen atoms in total. The molecule has 11 heteroatoms. The lowest BCUT2D eigenvalue weighted by molar-refractivity contribution is -0.214. The molecule has 7 atom stereocenters. The van der Waals surface area contributed by atoms with E-state index in [9.17, 15) is 29.9 Å². The van der Waals surface area contributed by atoms with Crippen molar-refractivity contribution in [2.24, 2.45) is 22.7 Å². The number of alkyl halides is 1. The molecule has 3 saturated carbocycles. The number of hydrogen-bond acceptors (Lipinski definition) is 10. The zero-order valence-electron chi connectivity index (χ0n) is 25.9. The van der Waals surface area contributed by atoms with Crippen molar-refractivity contribution < 1.29 is 38.5 Å². The second-order valence-corrected chi connectivity index (χ2v) is 14.1. The number of allylic oxidation sites excluding steroid dienone is 4.